The van der Waals surface area contributed by atoms with Crippen molar-refractivity contribution in [1.29, 1.82) is 0 Å². The normalized spacial score (nSPS) is 10.8. The molecule has 0 unspecified atom stereocenters. The quantitative estimate of drug-likeness (QED) is 0.322. The van der Waals surface area contributed by atoms with Crippen molar-refractivity contribution in [3.8, 4) is 17.2 Å². The van der Waals surface area contributed by atoms with Gasteiger partial charge >= 0.3 is 5.97 Å². The number of esters is 1. The molecule has 6 nitrogen and oxygen atoms in total. The minimum atomic E-state index is -0.860. The Kier molecular flexibility index (Phi) is 6.58. The summed E-state index contributed by atoms with van der Waals surface area (Å²) >= 11 is 0. The minimum Gasteiger partial charge on any atom is -0.487 e. The van der Waals surface area contributed by atoms with Crippen molar-refractivity contribution in [1.82, 2.24) is 4.98 Å². The van der Waals surface area contributed by atoms with Gasteiger partial charge in [-0.15, -0.1) is 0 Å². The monoisotopic (exact) mass is 391 g/mol. The van der Waals surface area contributed by atoms with E-state index in [1.54, 1.807) is 37.3 Å². The number of hydrogen-bond acceptors (Lipinski definition) is 6. The average Bonchev–Trinajstić information content (AvgIpc) is 3.12. The Balaban J connectivity index is 1.59. The third-order valence-corrected chi connectivity index (χ3v) is 4.07. The predicted molar refractivity (Wildman–Crippen MR) is 108 cm³/mol. The van der Waals surface area contributed by atoms with E-state index >= 15 is 0 Å². The smallest absolute Gasteiger partial charge is 0.379 e. The van der Waals surface area contributed by atoms with E-state index < -0.39 is 11.8 Å². The lowest BCUT2D eigenvalue weighted by Crippen LogP contribution is -2.14. The Labute approximate surface area is 168 Å². The Morgan fingerprint density at radius 1 is 1.07 bits per heavy atom. The average molecular weight is 391 g/mol. The molecule has 0 N–H and O–H groups in total. The fourth-order valence-corrected chi connectivity index (χ4v) is 2.54. The zero-order chi connectivity index (χ0) is 20.6. The molecule has 0 fully saturated rings. The number of aromatic nitrogens is 1. The molecule has 0 aliphatic rings. The molecule has 0 atom stereocenters. The fourth-order valence-electron chi connectivity index (χ4n) is 2.54. The first-order chi connectivity index (χ1) is 14.1. The van der Waals surface area contributed by atoms with Crippen LogP contribution in [0.15, 0.2) is 65.1 Å². The largest absolute Gasteiger partial charge is 0.487 e. The second-order valence-corrected chi connectivity index (χ2v) is 6.16. The van der Waals surface area contributed by atoms with E-state index in [-0.39, 0.29) is 13.2 Å². The summed E-state index contributed by atoms with van der Waals surface area (Å²) in [4.78, 5) is 27.4. The Hall–Kier alpha value is -3.67. The fraction of sp³-hybridized carbons (Fsp3) is 0.174. The first-order valence-corrected chi connectivity index (χ1v) is 9.20. The summed E-state index contributed by atoms with van der Waals surface area (Å²) in [5, 5.41) is 0. The lowest BCUT2D eigenvalue weighted by molar-refractivity contribution is -0.151. The van der Waals surface area contributed by atoms with Crippen LogP contribution in [0.25, 0.3) is 17.5 Å². The Morgan fingerprint density at radius 2 is 1.79 bits per heavy atom. The maximum Gasteiger partial charge on any atom is 0.379 e. The standard InChI is InChI=1S/C23H21NO5/c1-3-27-23(26)21(25)14-11-17-9-12-19(13-10-17)28-15-20-16(2)29-22(24-20)18-7-5-4-6-8-18/h4-14H,3,15H2,1-2H3/b14-11+. The summed E-state index contributed by atoms with van der Waals surface area (Å²) in [6.07, 6.45) is 2.74. The van der Waals surface area contributed by atoms with Gasteiger partial charge in [-0.1, -0.05) is 36.4 Å². The van der Waals surface area contributed by atoms with E-state index in [0.29, 0.717) is 17.4 Å². The number of hydrogen-bond donors (Lipinski definition) is 0. The van der Waals surface area contributed by atoms with Crippen molar-refractivity contribution in [2.45, 2.75) is 20.5 Å². The number of rotatable bonds is 8. The lowest BCUT2D eigenvalue weighted by Gasteiger charge is -2.04. The first-order valence-electron chi connectivity index (χ1n) is 9.20. The highest BCUT2D eigenvalue weighted by Crippen LogP contribution is 2.22. The van der Waals surface area contributed by atoms with Crippen molar-refractivity contribution in [3.63, 3.8) is 0 Å². The van der Waals surface area contributed by atoms with Crippen molar-refractivity contribution < 1.29 is 23.5 Å². The Morgan fingerprint density at radius 3 is 2.48 bits per heavy atom. The molecule has 0 aliphatic heterocycles. The van der Waals surface area contributed by atoms with Crippen LogP contribution in [0.5, 0.6) is 5.75 Å². The predicted octanol–water partition coefficient (Wildman–Crippen LogP) is 4.37. The zero-order valence-corrected chi connectivity index (χ0v) is 16.3. The van der Waals surface area contributed by atoms with Gasteiger partial charge in [-0.05, 0) is 49.8 Å². The van der Waals surface area contributed by atoms with Gasteiger partial charge in [-0.3, -0.25) is 4.79 Å². The zero-order valence-electron chi connectivity index (χ0n) is 16.3. The van der Waals surface area contributed by atoms with Gasteiger partial charge in [0.25, 0.3) is 5.78 Å². The molecule has 0 saturated heterocycles. The van der Waals surface area contributed by atoms with Crippen molar-refractivity contribution in [2.24, 2.45) is 0 Å². The van der Waals surface area contributed by atoms with Crippen LogP contribution >= 0.6 is 0 Å². The second-order valence-electron chi connectivity index (χ2n) is 6.16. The molecule has 0 spiro atoms. The van der Waals surface area contributed by atoms with Crippen LogP contribution < -0.4 is 4.74 Å². The molecular weight excluding hydrogens is 370 g/mol. The number of oxazole rings is 1. The maximum atomic E-state index is 11.6. The number of ketones is 1. The molecule has 0 amide bonds. The number of carbonyl (C=O) groups is 2. The molecule has 0 saturated carbocycles. The SMILES string of the molecule is CCOC(=O)C(=O)/C=C/c1ccc(OCc2nc(-c3ccccc3)oc2C)cc1. The number of benzene rings is 2. The molecule has 0 radical (unpaired) electrons. The molecule has 3 aromatic rings. The van der Waals surface area contributed by atoms with Gasteiger partial charge in [0, 0.05) is 5.56 Å². The van der Waals surface area contributed by atoms with E-state index in [1.165, 1.54) is 6.08 Å². The van der Waals surface area contributed by atoms with E-state index in [9.17, 15) is 9.59 Å². The minimum absolute atomic E-state index is 0.169. The van der Waals surface area contributed by atoms with Crippen LogP contribution in [0.1, 0.15) is 23.9 Å². The van der Waals surface area contributed by atoms with Crippen molar-refractivity contribution in [2.75, 3.05) is 6.61 Å². The van der Waals surface area contributed by atoms with Gasteiger partial charge < -0.3 is 13.9 Å². The molecule has 148 valence electrons. The topological polar surface area (TPSA) is 78.6 Å². The number of aryl methyl sites for hydroxylation is 1. The molecule has 2 aromatic carbocycles. The summed E-state index contributed by atoms with van der Waals surface area (Å²) in [5.74, 6) is 0.376. The number of nitrogens with zero attached hydrogens (tertiary/aromatic N) is 1. The molecule has 0 aliphatic carbocycles. The third kappa shape index (κ3) is 5.42. The molecule has 1 heterocycles. The van der Waals surface area contributed by atoms with Crippen LogP contribution in [0.4, 0.5) is 0 Å². The summed E-state index contributed by atoms with van der Waals surface area (Å²) in [5.41, 5.74) is 2.40. The van der Waals surface area contributed by atoms with E-state index in [4.69, 9.17) is 9.15 Å². The van der Waals surface area contributed by atoms with Crippen molar-refractivity contribution >= 4 is 17.8 Å². The number of ether oxygens (including phenoxy) is 2. The first kappa shape index (κ1) is 20.1. The third-order valence-electron chi connectivity index (χ3n) is 4.07. The Bertz CT molecular complexity index is 1000. The van der Waals surface area contributed by atoms with Crippen LogP contribution in [0.2, 0.25) is 0 Å². The van der Waals surface area contributed by atoms with E-state index in [1.807, 2.05) is 37.3 Å². The van der Waals surface area contributed by atoms with Gasteiger partial charge in [0.2, 0.25) is 5.89 Å². The van der Waals surface area contributed by atoms with E-state index in [0.717, 1.165) is 16.8 Å². The van der Waals surface area contributed by atoms with Crippen LogP contribution in [0.3, 0.4) is 0 Å². The summed E-state index contributed by atoms with van der Waals surface area (Å²) in [6.45, 7) is 3.95. The van der Waals surface area contributed by atoms with Crippen molar-refractivity contribution in [3.05, 3.63) is 77.7 Å². The lowest BCUT2D eigenvalue weighted by atomic mass is 10.2. The molecule has 1 aromatic heterocycles. The highest BCUT2D eigenvalue weighted by Gasteiger charge is 2.12. The molecule has 3 rings (SSSR count). The highest BCUT2D eigenvalue weighted by atomic mass is 16.5. The second kappa shape index (κ2) is 9.50. The van der Waals surface area contributed by atoms with Crippen LogP contribution in [-0.4, -0.2) is 23.3 Å². The summed E-state index contributed by atoms with van der Waals surface area (Å²) < 4.78 is 16.2. The summed E-state index contributed by atoms with van der Waals surface area (Å²) in [6, 6.07) is 16.8. The number of carbonyl (C=O) groups excluding carboxylic acids is 2. The van der Waals surface area contributed by atoms with E-state index in [2.05, 4.69) is 9.72 Å². The van der Waals surface area contributed by atoms with Gasteiger partial charge in [0.05, 0.1) is 6.61 Å². The summed E-state index contributed by atoms with van der Waals surface area (Å²) in [7, 11) is 0. The van der Waals surface area contributed by atoms with Crippen LogP contribution in [0, 0.1) is 6.92 Å². The molecule has 0 bridgehead atoms. The molecule has 29 heavy (non-hydrogen) atoms. The molecular formula is C23H21NO5. The maximum absolute atomic E-state index is 11.6. The van der Waals surface area contributed by atoms with Gasteiger partial charge in [0.15, 0.2) is 0 Å². The van der Waals surface area contributed by atoms with Crippen LogP contribution in [-0.2, 0) is 20.9 Å². The highest BCUT2D eigenvalue weighted by molar-refractivity contribution is 6.39. The van der Waals surface area contributed by atoms with Gasteiger partial charge in [-0.2, -0.15) is 0 Å². The van der Waals surface area contributed by atoms with Gasteiger partial charge in [0.1, 0.15) is 23.8 Å². The molecule has 6 heteroatoms. The van der Waals surface area contributed by atoms with Gasteiger partial charge in [-0.25, -0.2) is 9.78 Å².